The van der Waals surface area contributed by atoms with E-state index in [1.165, 1.54) is 0 Å². The third-order valence-electron chi connectivity index (χ3n) is 5.31. The number of piperidine rings is 1. The maximum atomic E-state index is 10.7. The second-order valence-electron chi connectivity index (χ2n) is 7.45. The highest BCUT2D eigenvalue weighted by Crippen LogP contribution is 2.40. The Hall–Kier alpha value is -3.10. The lowest BCUT2D eigenvalue weighted by Crippen LogP contribution is -2.48. The van der Waals surface area contributed by atoms with E-state index in [0.29, 0.717) is 50.0 Å². The van der Waals surface area contributed by atoms with Gasteiger partial charge in [0.15, 0.2) is 17.3 Å². The number of β-amino-alcohol motifs (C(OH)–C–C–N with tert-alkyl or cyclic N) is 1. The van der Waals surface area contributed by atoms with Gasteiger partial charge in [0.25, 0.3) is 0 Å². The molecule has 1 aromatic carbocycles. The van der Waals surface area contributed by atoms with Gasteiger partial charge in [-0.3, -0.25) is 9.88 Å². The first-order valence-corrected chi connectivity index (χ1v) is 10.1. The molecule has 0 saturated carbocycles. The molecule has 8 nitrogen and oxygen atoms in total. The molecular weight excluding hydrogens is 386 g/mol. The van der Waals surface area contributed by atoms with Gasteiger partial charge in [-0.25, -0.2) is 0 Å². The van der Waals surface area contributed by atoms with Gasteiger partial charge in [-0.2, -0.15) is 0 Å². The van der Waals surface area contributed by atoms with Crippen molar-refractivity contribution in [2.24, 2.45) is 0 Å². The number of aromatic nitrogens is 2. The Morgan fingerprint density at radius 2 is 2.10 bits per heavy atom. The topological polar surface area (TPSA) is 90.1 Å². The first-order valence-electron chi connectivity index (χ1n) is 10.1. The van der Waals surface area contributed by atoms with Crippen molar-refractivity contribution in [1.82, 2.24) is 15.0 Å². The first-order chi connectivity index (χ1) is 14.8. The van der Waals surface area contributed by atoms with Gasteiger partial charge in [0, 0.05) is 37.1 Å². The number of benzene rings is 1. The maximum absolute atomic E-state index is 10.7. The smallest absolute Gasteiger partial charge is 0.203 e. The summed E-state index contributed by atoms with van der Waals surface area (Å²) in [5.41, 5.74) is 1.67. The van der Waals surface area contributed by atoms with Crippen molar-refractivity contribution in [2.45, 2.75) is 25.2 Å². The molecule has 5 rings (SSSR count). The van der Waals surface area contributed by atoms with Crippen LogP contribution in [0.1, 0.15) is 12.2 Å². The molecule has 0 spiro atoms. The van der Waals surface area contributed by atoms with Gasteiger partial charge in [0.05, 0.1) is 6.54 Å². The molecule has 0 amide bonds. The molecule has 156 valence electrons. The van der Waals surface area contributed by atoms with E-state index >= 15 is 0 Å². The van der Waals surface area contributed by atoms with E-state index in [2.05, 4.69) is 15.0 Å². The summed E-state index contributed by atoms with van der Waals surface area (Å²) >= 11 is 0. The van der Waals surface area contributed by atoms with Gasteiger partial charge in [0.1, 0.15) is 31.1 Å². The van der Waals surface area contributed by atoms with Crippen LogP contribution in [-0.2, 0) is 6.54 Å². The largest absolute Gasteiger partial charge is 0.486 e. The molecule has 2 aromatic heterocycles. The quantitative estimate of drug-likeness (QED) is 0.688. The Morgan fingerprint density at radius 3 is 2.97 bits per heavy atom. The van der Waals surface area contributed by atoms with Crippen LogP contribution in [0.2, 0.25) is 0 Å². The van der Waals surface area contributed by atoms with Crippen LogP contribution in [0.4, 0.5) is 0 Å². The summed E-state index contributed by atoms with van der Waals surface area (Å²) in [7, 11) is 0. The van der Waals surface area contributed by atoms with Gasteiger partial charge >= 0.3 is 0 Å². The fourth-order valence-corrected chi connectivity index (χ4v) is 3.82. The van der Waals surface area contributed by atoms with Gasteiger partial charge in [-0.05, 0) is 30.7 Å². The Bertz CT molecular complexity index is 993. The van der Waals surface area contributed by atoms with Crippen LogP contribution < -0.4 is 14.2 Å². The number of aliphatic hydroxyl groups is 1. The Balaban J connectivity index is 1.20. The summed E-state index contributed by atoms with van der Waals surface area (Å²) in [5.74, 6) is 2.66. The van der Waals surface area contributed by atoms with Crippen LogP contribution in [0.5, 0.6) is 17.2 Å². The lowest BCUT2D eigenvalue weighted by Gasteiger charge is -2.35. The normalized spacial score (nSPS) is 21.4. The molecule has 2 atom stereocenters. The Morgan fingerprint density at radius 1 is 1.17 bits per heavy atom. The molecule has 1 fully saturated rings. The highest BCUT2D eigenvalue weighted by Gasteiger charge is 2.31. The zero-order chi connectivity index (χ0) is 20.3. The minimum atomic E-state index is -0.625. The average molecular weight is 409 g/mol. The van der Waals surface area contributed by atoms with Gasteiger partial charge in [-0.1, -0.05) is 11.2 Å². The maximum Gasteiger partial charge on any atom is 0.203 e. The molecule has 0 unspecified atom stereocenters. The zero-order valence-corrected chi connectivity index (χ0v) is 16.4. The van der Waals surface area contributed by atoms with Crippen LogP contribution >= 0.6 is 0 Å². The van der Waals surface area contributed by atoms with Crippen LogP contribution in [0, 0.1) is 0 Å². The Kier molecular flexibility index (Phi) is 5.25. The second-order valence-corrected chi connectivity index (χ2v) is 7.45. The molecule has 2 aliphatic rings. The number of ether oxygens (including phenoxy) is 3. The summed E-state index contributed by atoms with van der Waals surface area (Å²) in [6, 6.07) is 11.3. The lowest BCUT2D eigenvalue weighted by atomic mass is 10.0. The first kappa shape index (κ1) is 18.9. The molecule has 3 aromatic rings. The number of likely N-dealkylation sites (tertiary alicyclic amines) is 1. The highest BCUT2D eigenvalue weighted by atomic mass is 16.6. The number of pyridine rings is 1. The van der Waals surface area contributed by atoms with Crippen LogP contribution in [-0.4, -0.2) is 58.7 Å². The minimum absolute atomic E-state index is 0.307. The van der Waals surface area contributed by atoms with Crippen LogP contribution in [0.3, 0.4) is 0 Å². The third-order valence-corrected chi connectivity index (χ3v) is 5.31. The predicted molar refractivity (Wildman–Crippen MR) is 107 cm³/mol. The van der Waals surface area contributed by atoms with Crippen molar-refractivity contribution in [3.05, 3.63) is 54.6 Å². The van der Waals surface area contributed by atoms with Gasteiger partial charge < -0.3 is 23.8 Å². The third kappa shape index (κ3) is 3.96. The number of nitrogens with zero attached hydrogens (tertiary/aromatic N) is 3. The van der Waals surface area contributed by atoms with E-state index in [9.17, 15) is 5.11 Å². The molecule has 0 bridgehead atoms. The van der Waals surface area contributed by atoms with E-state index < -0.39 is 6.10 Å². The van der Waals surface area contributed by atoms with Crippen molar-refractivity contribution in [3.63, 3.8) is 0 Å². The summed E-state index contributed by atoms with van der Waals surface area (Å²) in [6.07, 6.45) is 3.24. The van der Waals surface area contributed by atoms with Crippen molar-refractivity contribution in [2.75, 3.05) is 26.3 Å². The van der Waals surface area contributed by atoms with Crippen molar-refractivity contribution in [1.29, 1.82) is 0 Å². The number of para-hydroxylation sites is 1. The molecule has 0 radical (unpaired) electrons. The second kappa shape index (κ2) is 8.33. The summed E-state index contributed by atoms with van der Waals surface area (Å²) < 4.78 is 22.9. The SMILES string of the molecule is O[C@@H]1CN(Cc2cc(-c3cccnc3)no2)CC[C@H]1Oc1cccc2c1OCCO2. The molecule has 4 heterocycles. The molecule has 2 aliphatic heterocycles. The van der Waals surface area contributed by atoms with Crippen LogP contribution in [0.25, 0.3) is 11.3 Å². The lowest BCUT2D eigenvalue weighted by molar-refractivity contribution is -0.0307. The average Bonchev–Trinajstić information content (AvgIpc) is 3.25. The number of hydrogen-bond donors (Lipinski definition) is 1. The summed E-state index contributed by atoms with van der Waals surface area (Å²) in [6.45, 7) is 2.86. The van der Waals surface area contributed by atoms with Gasteiger partial charge in [-0.15, -0.1) is 0 Å². The summed E-state index contributed by atoms with van der Waals surface area (Å²) in [4.78, 5) is 6.25. The van der Waals surface area contributed by atoms with Gasteiger partial charge in [0.2, 0.25) is 5.75 Å². The van der Waals surface area contributed by atoms with E-state index in [1.807, 2.05) is 36.4 Å². The highest BCUT2D eigenvalue weighted by molar-refractivity contribution is 5.57. The van der Waals surface area contributed by atoms with E-state index in [0.717, 1.165) is 23.6 Å². The zero-order valence-electron chi connectivity index (χ0n) is 16.4. The van der Waals surface area contributed by atoms with Crippen molar-refractivity contribution >= 4 is 0 Å². The molecule has 1 N–H and O–H groups in total. The van der Waals surface area contributed by atoms with Crippen molar-refractivity contribution in [3.8, 4) is 28.5 Å². The number of aliphatic hydroxyl groups excluding tert-OH is 1. The standard InChI is InChI=1S/C22H23N3O5/c26-18-14-25(13-16-11-17(24-30-16)15-3-2-7-23-12-15)8-6-19(18)29-21-5-1-4-20-22(21)28-10-9-27-20/h1-5,7,11-12,18-19,26H,6,8-10,13-14H2/t18-,19-/m1/s1. The number of hydrogen-bond acceptors (Lipinski definition) is 8. The summed E-state index contributed by atoms with van der Waals surface area (Å²) in [5, 5.41) is 14.8. The van der Waals surface area contributed by atoms with Crippen LogP contribution in [0.15, 0.2) is 53.3 Å². The fourth-order valence-electron chi connectivity index (χ4n) is 3.82. The molecular formula is C22H23N3O5. The monoisotopic (exact) mass is 409 g/mol. The predicted octanol–water partition coefficient (Wildman–Crippen LogP) is 2.52. The molecule has 30 heavy (non-hydrogen) atoms. The fraction of sp³-hybridized carbons (Fsp3) is 0.364. The number of fused-ring (bicyclic) bond motifs is 1. The number of rotatable bonds is 5. The van der Waals surface area contributed by atoms with E-state index in [-0.39, 0.29) is 6.10 Å². The van der Waals surface area contributed by atoms with E-state index in [1.54, 1.807) is 12.4 Å². The van der Waals surface area contributed by atoms with Crippen molar-refractivity contribution < 1.29 is 23.8 Å². The minimum Gasteiger partial charge on any atom is -0.486 e. The molecule has 8 heteroatoms. The molecule has 0 aliphatic carbocycles. The molecule has 1 saturated heterocycles. The Labute approximate surface area is 174 Å². The van der Waals surface area contributed by atoms with E-state index in [4.69, 9.17) is 18.7 Å².